The lowest BCUT2D eigenvalue weighted by Crippen LogP contribution is -2.32. The van der Waals surface area contributed by atoms with Gasteiger partial charge in [-0.15, -0.1) is 0 Å². The summed E-state index contributed by atoms with van der Waals surface area (Å²) in [7, 11) is 0. The van der Waals surface area contributed by atoms with Crippen molar-refractivity contribution in [3.8, 4) is 5.75 Å². The molecule has 23 heavy (non-hydrogen) atoms. The number of ether oxygens (including phenoxy) is 1. The van der Waals surface area contributed by atoms with Gasteiger partial charge in [-0.2, -0.15) is 0 Å². The van der Waals surface area contributed by atoms with Gasteiger partial charge >= 0.3 is 0 Å². The number of anilines is 1. The highest BCUT2D eigenvalue weighted by molar-refractivity contribution is 7.80. The molecule has 0 aliphatic carbocycles. The molecule has 4 heteroatoms. The Labute approximate surface area is 144 Å². The zero-order chi connectivity index (χ0) is 16.5. The molecule has 0 aliphatic rings. The summed E-state index contributed by atoms with van der Waals surface area (Å²) in [5, 5.41) is 7.28. The van der Waals surface area contributed by atoms with Crippen LogP contribution in [0.1, 0.15) is 38.3 Å². The van der Waals surface area contributed by atoms with E-state index in [1.807, 2.05) is 37.3 Å². The quantitative estimate of drug-likeness (QED) is 0.707. The average Bonchev–Trinajstić information content (AvgIpc) is 2.57. The molecular formula is C19H24N2OS. The summed E-state index contributed by atoms with van der Waals surface area (Å²) in [6.07, 6.45) is 2.13. The molecule has 2 rings (SSSR count). The van der Waals surface area contributed by atoms with Gasteiger partial charge in [-0.3, -0.25) is 0 Å². The minimum atomic E-state index is 0.226. The lowest BCUT2D eigenvalue weighted by Gasteiger charge is -2.21. The molecule has 2 N–H and O–H groups in total. The Bertz CT molecular complexity index is 599. The van der Waals surface area contributed by atoms with Crippen molar-refractivity contribution < 1.29 is 4.74 Å². The predicted molar refractivity (Wildman–Crippen MR) is 101 cm³/mol. The molecule has 0 saturated carbocycles. The SMILES string of the molecule is CCC[C@@H](NC(=S)Nc1ccc(OCC)cc1)c1ccccc1. The summed E-state index contributed by atoms with van der Waals surface area (Å²) < 4.78 is 5.44. The summed E-state index contributed by atoms with van der Waals surface area (Å²) in [4.78, 5) is 0. The van der Waals surface area contributed by atoms with Crippen molar-refractivity contribution >= 4 is 23.0 Å². The second-order valence-corrected chi connectivity index (χ2v) is 5.72. The Morgan fingerprint density at radius 3 is 2.35 bits per heavy atom. The molecule has 3 nitrogen and oxygen atoms in total. The van der Waals surface area contributed by atoms with Crippen molar-refractivity contribution in [2.24, 2.45) is 0 Å². The number of hydrogen-bond acceptors (Lipinski definition) is 2. The summed E-state index contributed by atoms with van der Waals surface area (Å²) in [6.45, 7) is 4.83. The highest BCUT2D eigenvalue weighted by Gasteiger charge is 2.11. The number of rotatable bonds is 7. The molecular weight excluding hydrogens is 304 g/mol. The minimum Gasteiger partial charge on any atom is -0.494 e. The van der Waals surface area contributed by atoms with Crippen molar-refractivity contribution in [2.75, 3.05) is 11.9 Å². The van der Waals surface area contributed by atoms with Crippen LogP contribution in [0.25, 0.3) is 0 Å². The predicted octanol–water partition coefficient (Wildman–Crippen LogP) is 4.91. The molecule has 0 aromatic heterocycles. The molecule has 0 amide bonds. The van der Waals surface area contributed by atoms with Crippen LogP contribution >= 0.6 is 12.2 Å². The maximum absolute atomic E-state index is 5.46. The van der Waals surface area contributed by atoms with Crippen molar-refractivity contribution in [2.45, 2.75) is 32.7 Å². The molecule has 122 valence electrons. The van der Waals surface area contributed by atoms with Gasteiger partial charge in [0.2, 0.25) is 0 Å². The van der Waals surface area contributed by atoms with E-state index >= 15 is 0 Å². The zero-order valence-electron chi connectivity index (χ0n) is 13.7. The van der Waals surface area contributed by atoms with Crippen molar-refractivity contribution in [3.05, 3.63) is 60.2 Å². The number of nitrogens with one attached hydrogen (secondary N) is 2. The van der Waals surface area contributed by atoms with E-state index in [1.165, 1.54) is 5.56 Å². The Balaban J connectivity index is 1.96. The third kappa shape index (κ3) is 5.57. The molecule has 1 atom stereocenters. The first-order valence-electron chi connectivity index (χ1n) is 8.08. The zero-order valence-corrected chi connectivity index (χ0v) is 14.5. The van der Waals surface area contributed by atoms with E-state index in [4.69, 9.17) is 17.0 Å². The second-order valence-electron chi connectivity index (χ2n) is 5.31. The van der Waals surface area contributed by atoms with Crippen LogP contribution in [0.15, 0.2) is 54.6 Å². The van der Waals surface area contributed by atoms with Gasteiger partial charge in [0.05, 0.1) is 12.6 Å². The van der Waals surface area contributed by atoms with E-state index in [1.54, 1.807) is 0 Å². The van der Waals surface area contributed by atoms with Gasteiger partial charge < -0.3 is 15.4 Å². The number of hydrogen-bond donors (Lipinski definition) is 2. The van der Waals surface area contributed by atoms with Gasteiger partial charge in [-0.05, 0) is 55.4 Å². The molecule has 0 saturated heterocycles. The molecule has 0 heterocycles. The molecule has 0 radical (unpaired) electrons. The number of thiocarbonyl (C=S) groups is 1. The van der Waals surface area contributed by atoms with Crippen LogP contribution in [0.3, 0.4) is 0 Å². The van der Waals surface area contributed by atoms with E-state index in [9.17, 15) is 0 Å². The van der Waals surface area contributed by atoms with Crippen LogP contribution in [-0.4, -0.2) is 11.7 Å². The summed E-state index contributed by atoms with van der Waals surface area (Å²) >= 11 is 5.46. The molecule has 2 aromatic carbocycles. The Hall–Kier alpha value is -2.07. The van der Waals surface area contributed by atoms with Crippen LogP contribution in [0, 0.1) is 0 Å². The van der Waals surface area contributed by atoms with Gasteiger partial charge in [0.15, 0.2) is 5.11 Å². The topological polar surface area (TPSA) is 33.3 Å². The Kier molecular flexibility index (Phi) is 6.88. The largest absolute Gasteiger partial charge is 0.494 e. The fourth-order valence-electron chi connectivity index (χ4n) is 2.42. The van der Waals surface area contributed by atoms with Crippen molar-refractivity contribution in [1.29, 1.82) is 0 Å². The lowest BCUT2D eigenvalue weighted by molar-refractivity contribution is 0.340. The van der Waals surface area contributed by atoms with E-state index in [-0.39, 0.29) is 6.04 Å². The van der Waals surface area contributed by atoms with E-state index in [2.05, 4.69) is 41.8 Å². The van der Waals surface area contributed by atoms with Crippen LogP contribution in [-0.2, 0) is 0 Å². The minimum absolute atomic E-state index is 0.226. The third-order valence-corrected chi connectivity index (χ3v) is 3.73. The van der Waals surface area contributed by atoms with Crippen LogP contribution in [0.4, 0.5) is 5.69 Å². The Morgan fingerprint density at radius 1 is 1.04 bits per heavy atom. The van der Waals surface area contributed by atoms with Crippen LogP contribution in [0.2, 0.25) is 0 Å². The van der Waals surface area contributed by atoms with Gasteiger partial charge in [0.1, 0.15) is 5.75 Å². The standard InChI is InChI=1S/C19H24N2OS/c1-3-8-18(15-9-6-5-7-10-15)21-19(23)20-16-11-13-17(14-12-16)22-4-2/h5-7,9-14,18H,3-4,8H2,1-2H3,(H2,20,21,23)/t18-/m1/s1. The Morgan fingerprint density at radius 2 is 1.74 bits per heavy atom. The first-order valence-corrected chi connectivity index (χ1v) is 8.49. The van der Waals surface area contributed by atoms with E-state index in [0.29, 0.717) is 11.7 Å². The highest BCUT2D eigenvalue weighted by Crippen LogP contribution is 2.19. The molecule has 0 unspecified atom stereocenters. The normalized spacial score (nSPS) is 11.6. The molecule has 0 fully saturated rings. The summed E-state index contributed by atoms with van der Waals surface area (Å²) in [5.41, 5.74) is 2.21. The fraction of sp³-hybridized carbons (Fsp3) is 0.316. The third-order valence-electron chi connectivity index (χ3n) is 3.51. The van der Waals surface area contributed by atoms with Crippen molar-refractivity contribution in [3.63, 3.8) is 0 Å². The summed E-state index contributed by atoms with van der Waals surface area (Å²) in [5.74, 6) is 0.866. The summed E-state index contributed by atoms with van der Waals surface area (Å²) in [6, 6.07) is 18.5. The number of benzene rings is 2. The maximum Gasteiger partial charge on any atom is 0.171 e. The van der Waals surface area contributed by atoms with Gasteiger partial charge in [-0.25, -0.2) is 0 Å². The molecule has 0 spiro atoms. The van der Waals surface area contributed by atoms with Gasteiger partial charge in [0.25, 0.3) is 0 Å². The van der Waals surface area contributed by atoms with Gasteiger partial charge in [-0.1, -0.05) is 43.7 Å². The fourth-order valence-corrected chi connectivity index (χ4v) is 2.68. The van der Waals surface area contributed by atoms with Crippen molar-refractivity contribution in [1.82, 2.24) is 5.32 Å². The average molecular weight is 328 g/mol. The molecule has 0 aliphatic heterocycles. The first kappa shape index (κ1) is 17.3. The van der Waals surface area contributed by atoms with Gasteiger partial charge in [0, 0.05) is 5.69 Å². The second kappa shape index (κ2) is 9.16. The molecule has 0 bridgehead atoms. The highest BCUT2D eigenvalue weighted by atomic mass is 32.1. The molecule has 2 aromatic rings. The smallest absolute Gasteiger partial charge is 0.171 e. The van der Waals surface area contributed by atoms with E-state index in [0.717, 1.165) is 24.3 Å². The lowest BCUT2D eigenvalue weighted by atomic mass is 10.0. The maximum atomic E-state index is 5.46. The monoisotopic (exact) mass is 328 g/mol. The van der Waals surface area contributed by atoms with Crippen LogP contribution < -0.4 is 15.4 Å². The first-order chi connectivity index (χ1) is 11.2. The van der Waals surface area contributed by atoms with Crippen LogP contribution in [0.5, 0.6) is 5.75 Å². The van der Waals surface area contributed by atoms with E-state index < -0.39 is 0 Å².